The van der Waals surface area contributed by atoms with Gasteiger partial charge in [-0.25, -0.2) is 0 Å². The number of hydrogen-bond acceptors (Lipinski definition) is 4. The molecule has 0 aliphatic carbocycles. The molecule has 0 aromatic heterocycles. The third-order valence-electron chi connectivity index (χ3n) is 6.05. The summed E-state index contributed by atoms with van der Waals surface area (Å²) in [6, 6.07) is 13.1. The second-order valence-corrected chi connectivity index (χ2v) is 8.36. The average Bonchev–Trinajstić information content (AvgIpc) is 3.38. The summed E-state index contributed by atoms with van der Waals surface area (Å²) >= 11 is 0. The molecule has 6 heteroatoms. The van der Waals surface area contributed by atoms with Crippen molar-refractivity contribution in [1.29, 1.82) is 0 Å². The fraction of sp³-hybridized carbons (Fsp3) is 0.400. The minimum absolute atomic E-state index is 0.254. The van der Waals surface area contributed by atoms with Gasteiger partial charge in [-0.05, 0) is 61.7 Å². The molecule has 4 rings (SSSR count). The quantitative estimate of drug-likeness (QED) is 0.664. The van der Waals surface area contributed by atoms with Crippen molar-refractivity contribution >= 4 is 17.7 Å². The van der Waals surface area contributed by atoms with Gasteiger partial charge in [-0.2, -0.15) is 0 Å². The Morgan fingerprint density at radius 3 is 2.32 bits per heavy atom. The Bertz CT molecular complexity index is 978. The van der Waals surface area contributed by atoms with Crippen molar-refractivity contribution in [3.63, 3.8) is 0 Å². The third kappa shape index (κ3) is 4.69. The van der Waals surface area contributed by atoms with Crippen LogP contribution in [-0.4, -0.2) is 47.2 Å². The number of rotatable bonds is 8. The van der Waals surface area contributed by atoms with E-state index in [0.717, 1.165) is 24.9 Å². The highest BCUT2D eigenvalue weighted by atomic mass is 16.2. The van der Waals surface area contributed by atoms with Gasteiger partial charge >= 0.3 is 0 Å². The molecule has 162 valence electrons. The third-order valence-corrected chi connectivity index (χ3v) is 6.05. The van der Waals surface area contributed by atoms with E-state index >= 15 is 0 Å². The molecule has 1 N–H and O–H groups in total. The van der Waals surface area contributed by atoms with Crippen molar-refractivity contribution in [2.75, 3.05) is 19.6 Å². The average molecular weight is 420 g/mol. The van der Waals surface area contributed by atoms with E-state index in [9.17, 15) is 14.4 Å². The maximum absolute atomic E-state index is 12.6. The molecule has 31 heavy (non-hydrogen) atoms. The molecule has 2 aromatic rings. The van der Waals surface area contributed by atoms with Crippen LogP contribution in [0, 0.1) is 0 Å². The number of likely N-dealkylation sites (tertiary alicyclic amines) is 1. The number of carbonyl (C=O) groups excluding carboxylic acids is 3. The summed E-state index contributed by atoms with van der Waals surface area (Å²) in [4.78, 5) is 41.4. The van der Waals surface area contributed by atoms with Gasteiger partial charge < -0.3 is 5.32 Å². The maximum Gasteiger partial charge on any atom is 0.261 e. The summed E-state index contributed by atoms with van der Waals surface area (Å²) in [5.41, 5.74) is 3.40. The zero-order valence-corrected chi connectivity index (χ0v) is 18.0. The fourth-order valence-electron chi connectivity index (χ4n) is 4.20. The van der Waals surface area contributed by atoms with Crippen LogP contribution in [0.5, 0.6) is 0 Å². The van der Waals surface area contributed by atoms with Gasteiger partial charge in [0.2, 0.25) is 0 Å². The minimum atomic E-state index is -0.309. The number of benzene rings is 2. The molecule has 2 aromatic carbocycles. The van der Waals surface area contributed by atoms with Crippen LogP contribution < -0.4 is 5.32 Å². The monoisotopic (exact) mass is 419 g/mol. The summed E-state index contributed by atoms with van der Waals surface area (Å²) < 4.78 is 0. The lowest BCUT2D eigenvalue weighted by Crippen LogP contribution is -2.30. The number of amides is 3. The van der Waals surface area contributed by atoms with Crippen LogP contribution in [0.15, 0.2) is 42.5 Å². The van der Waals surface area contributed by atoms with Gasteiger partial charge in [-0.1, -0.05) is 37.6 Å². The van der Waals surface area contributed by atoms with Gasteiger partial charge in [-0.3, -0.25) is 24.2 Å². The Hall–Kier alpha value is -2.99. The van der Waals surface area contributed by atoms with E-state index in [0.29, 0.717) is 29.8 Å². The molecule has 2 aliphatic heterocycles. The number of nitrogens with zero attached hydrogens (tertiary/aromatic N) is 2. The predicted molar refractivity (Wildman–Crippen MR) is 119 cm³/mol. The first kappa shape index (κ1) is 21.2. The Kier molecular flexibility index (Phi) is 6.47. The van der Waals surface area contributed by atoms with E-state index in [2.05, 4.69) is 22.3 Å². The van der Waals surface area contributed by atoms with Crippen molar-refractivity contribution in [3.8, 4) is 0 Å². The minimum Gasteiger partial charge on any atom is -0.348 e. The maximum atomic E-state index is 12.6. The Morgan fingerprint density at radius 2 is 1.61 bits per heavy atom. The number of unbranched alkanes of at least 4 members (excludes halogenated alkanes) is 1. The van der Waals surface area contributed by atoms with Crippen LogP contribution in [0.3, 0.4) is 0 Å². The number of nitrogens with one attached hydrogen (secondary N) is 1. The normalized spacial score (nSPS) is 16.1. The van der Waals surface area contributed by atoms with Crippen LogP contribution in [0.2, 0.25) is 0 Å². The van der Waals surface area contributed by atoms with Crippen molar-refractivity contribution in [2.45, 2.75) is 45.7 Å². The van der Waals surface area contributed by atoms with Gasteiger partial charge in [0.1, 0.15) is 0 Å². The summed E-state index contributed by atoms with van der Waals surface area (Å²) in [7, 11) is 0. The van der Waals surface area contributed by atoms with Crippen LogP contribution in [0.1, 0.15) is 74.8 Å². The summed E-state index contributed by atoms with van der Waals surface area (Å²) in [5, 5.41) is 2.91. The van der Waals surface area contributed by atoms with Crippen molar-refractivity contribution in [3.05, 3.63) is 70.3 Å². The van der Waals surface area contributed by atoms with E-state index in [4.69, 9.17) is 0 Å². The number of hydrogen-bond donors (Lipinski definition) is 1. The molecule has 0 saturated carbocycles. The van der Waals surface area contributed by atoms with E-state index in [1.807, 2.05) is 19.1 Å². The molecule has 1 fully saturated rings. The van der Waals surface area contributed by atoms with Gasteiger partial charge in [0.05, 0.1) is 11.1 Å². The molecular formula is C25H29N3O3. The molecule has 0 unspecified atom stereocenters. The van der Waals surface area contributed by atoms with Gasteiger partial charge in [-0.15, -0.1) is 0 Å². The highest BCUT2D eigenvalue weighted by Crippen LogP contribution is 2.24. The Morgan fingerprint density at radius 1 is 0.935 bits per heavy atom. The van der Waals surface area contributed by atoms with Crippen molar-refractivity contribution in [1.82, 2.24) is 15.1 Å². The lowest BCUT2D eigenvalue weighted by atomic mass is 10.1. The first-order valence-electron chi connectivity index (χ1n) is 11.2. The first-order valence-corrected chi connectivity index (χ1v) is 11.2. The van der Waals surface area contributed by atoms with Crippen molar-refractivity contribution < 1.29 is 14.4 Å². The molecule has 0 radical (unpaired) electrons. The Balaban J connectivity index is 1.36. The Labute approximate surface area is 183 Å². The summed E-state index contributed by atoms with van der Waals surface area (Å²) in [6.45, 7) is 6.16. The van der Waals surface area contributed by atoms with Crippen LogP contribution in [0.4, 0.5) is 0 Å². The van der Waals surface area contributed by atoms with Crippen molar-refractivity contribution in [2.24, 2.45) is 0 Å². The highest BCUT2D eigenvalue weighted by molar-refractivity contribution is 6.22. The lowest BCUT2D eigenvalue weighted by Gasteiger charge is -2.14. The predicted octanol–water partition coefficient (Wildman–Crippen LogP) is 3.61. The SMILES string of the molecule is CCCCN1C(=O)c2ccc(C(=O)NCc3ccc(CN4CCCC4)cc3)cc2C1=O. The molecule has 3 amide bonds. The first-order chi connectivity index (χ1) is 15.1. The zero-order valence-electron chi connectivity index (χ0n) is 18.0. The number of fused-ring (bicyclic) bond motifs is 1. The number of carbonyl (C=O) groups is 3. The van der Waals surface area contributed by atoms with Gasteiger partial charge in [0.25, 0.3) is 17.7 Å². The van der Waals surface area contributed by atoms with E-state index < -0.39 is 0 Å². The topological polar surface area (TPSA) is 69.7 Å². The van der Waals surface area contributed by atoms with Crippen LogP contribution in [-0.2, 0) is 13.1 Å². The summed E-state index contributed by atoms with van der Waals surface area (Å²) in [6.07, 6.45) is 4.24. The largest absolute Gasteiger partial charge is 0.348 e. The molecule has 1 saturated heterocycles. The van der Waals surface area contributed by atoms with Crippen LogP contribution in [0.25, 0.3) is 0 Å². The standard InChI is InChI=1S/C25H29N3O3/c1-2-3-14-28-24(30)21-11-10-20(15-22(21)25(28)31)23(29)26-16-18-6-8-19(9-7-18)17-27-12-4-5-13-27/h6-11,15H,2-5,12-14,16-17H2,1H3,(H,26,29). The van der Waals surface area contributed by atoms with Gasteiger partial charge in [0, 0.05) is 25.2 Å². The molecular weight excluding hydrogens is 390 g/mol. The molecule has 0 spiro atoms. The number of imide groups is 1. The van der Waals surface area contributed by atoms with E-state index in [1.54, 1.807) is 12.1 Å². The smallest absolute Gasteiger partial charge is 0.261 e. The molecule has 2 heterocycles. The second kappa shape index (κ2) is 9.43. The fourth-order valence-corrected chi connectivity index (χ4v) is 4.20. The molecule has 6 nitrogen and oxygen atoms in total. The molecule has 0 atom stereocenters. The summed E-state index contributed by atoms with van der Waals surface area (Å²) in [5.74, 6) is -0.831. The second-order valence-electron chi connectivity index (χ2n) is 8.36. The zero-order chi connectivity index (χ0) is 21.8. The lowest BCUT2D eigenvalue weighted by molar-refractivity contribution is 0.0652. The highest BCUT2D eigenvalue weighted by Gasteiger charge is 2.35. The van der Waals surface area contributed by atoms with E-state index in [1.165, 1.54) is 42.5 Å². The van der Waals surface area contributed by atoms with E-state index in [-0.39, 0.29) is 17.7 Å². The molecule has 2 aliphatic rings. The van der Waals surface area contributed by atoms with Gasteiger partial charge in [0.15, 0.2) is 0 Å². The van der Waals surface area contributed by atoms with Crippen LogP contribution >= 0.6 is 0 Å². The molecule has 0 bridgehead atoms.